The molecule has 0 aliphatic rings. The van der Waals surface area contributed by atoms with Crippen molar-refractivity contribution in [2.24, 2.45) is 0 Å². The van der Waals surface area contributed by atoms with Crippen molar-refractivity contribution in [1.82, 2.24) is 14.5 Å². The van der Waals surface area contributed by atoms with Gasteiger partial charge in [-0.1, -0.05) is 12.1 Å². The molecule has 25 heavy (non-hydrogen) atoms. The number of nitrogens with zero attached hydrogens (tertiary/aromatic N) is 3. The maximum Gasteiger partial charge on any atom is 0.201 e. The van der Waals surface area contributed by atoms with Gasteiger partial charge in [0.15, 0.2) is 6.61 Å². The normalized spacial score (nSPS) is 10.4. The molecule has 1 aromatic carbocycles. The number of nitrogens with one attached hydrogen (secondary N) is 1. The number of rotatable bonds is 8. The predicted octanol–water partition coefficient (Wildman–Crippen LogP) is 3.41. The van der Waals surface area contributed by atoms with Gasteiger partial charge in [-0.25, -0.2) is 9.97 Å². The molecule has 3 aromatic rings. The molecule has 0 aliphatic heterocycles. The van der Waals surface area contributed by atoms with E-state index in [0.717, 1.165) is 23.4 Å². The van der Waals surface area contributed by atoms with Gasteiger partial charge >= 0.3 is 0 Å². The zero-order chi connectivity index (χ0) is 17.5. The lowest BCUT2D eigenvalue weighted by atomic mass is 10.2. The standard InChI is InChI=1S/C18H17BrN4O2/c19-15-3-1-2-4-17(15)25-12-16(24)14-5-6-18(22-11-14)21-8-10-23-9-7-20-13-23/h1-7,9,11,13H,8,10,12H2,(H,21,22). The monoisotopic (exact) mass is 400 g/mol. The summed E-state index contributed by atoms with van der Waals surface area (Å²) in [5, 5.41) is 3.21. The maximum atomic E-state index is 12.2. The van der Waals surface area contributed by atoms with Gasteiger partial charge in [0.05, 0.1) is 10.8 Å². The predicted molar refractivity (Wildman–Crippen MR) is 98.9 cm³/mol. The molecular formula is C18H17BrN4O2. The Morgan fingerprint density at radius 2 is 2.12 bits per heavy atom. The Balaban J connectivity index is 1.49. The van der Waals surface area contributed by atoms with Crippen molar-refractivity contribution in [3.8, 4) is 5.75 Å². The van der Waals surface area contributed by atoms with Gasteiger partial charge in [0.1, 0.15) is 11.6 Å². The van der Waals surface area contributed by atoms with E-state index in [1.807, 2.05) is 35.0 Å². The Kier molecular flexibility index (Phi) is 5.79. The first-order chi connectivity index (χ1) is 12.2. The van der Waals surface area contributed by atoms with Crippen molar-refractivity contribution < 1.29 is 9.53 Å². The van der Waals surface area contributed by atoms with Crippen LogP contribution in [0.4, 0.5) is 5.82 Å². The van der Waals surface area contributed by atoms with Crippen LogP contribution < -0.4 is 10.1 Å². The molecular weight excluding hydrogens is 384 g/mol. The number of anilines is 1. The largest absolute Gasteiger partial charge is 0.484 e. The van der Waals surface area contributed by atoms with E-state index in [1.54, 1.807) is 30.9 Å². The highest BCUT2D eigenvalue weighted by molar-refractivity contribution is 9.10. The van der Waals surface area contributed by atoms with E-state index < -0.39 is 0 Å². The Bertz CT molecular complexity index is 819. The molecule has 0 bridgehead atoms. The average molecular weight is 401 g/mol. The van der Waals surface area contributed by atoms with E-state index in [-0.39, 0.29) is 12.4 Å². The highest BCUT2D eigenvalue weighted by atomic mass is 79.9. The number of aromatic nitrogens is 3. The second-order valence-corrected chi connectivity index (χ2v) is 6.16. The van der Waals surface area contributed by atoms with Crippen molar-refractivity contribution >= 4 is 27.5 Å². The van der Waals surface area contributed by atoms with Crippen molar-refractivity contribution in [2.45, 2.75) is 6.54 Å². The Hall–Kier alpha value is -2.67. The molecule has 0 aliphatic carbocycles. The summed E-state index contributed by atoms with van der Waals surface area (Å²) in [6, 6.07) is 11.0. The van der Waals surface area contributed by atoms with Gasteiger partial charge in [-0.05, 0) is 40.2 Å². The van der Waals surface area contributed by atoms with Crippen LogP contribution in [0.1, 0.15) is 10.4 Å². The fraction of sp³-hybridized carbons (Fsp3) is 0.167. The van der Waals surface area contributed by atoms with Crippen LogP contribution in [0, 0.1) is 0 Å². The molecule has 7 heteroatoms. The number of ketones is 1. The van der Waals surface area contributed by atoms with E-state index in [1.165, 1.54) is 0 Å². The van der Waals surface area contributed by atoms with Crippen LogP contribution in [0.5, 0.6) is 5.75 Å². The second-order valence-electron chi connectivity index (χ2n) is 5.30. The maximum absolute atomic E-state index is 12.2. The van der Waals surface area contributed by atoms with Gasteiger partial charge in [0.2, 0.25) is 5.78 Å². The van der Waals surface area contributed by atoms with Gasteiger partial charge < -0.3 is 14.6 Å². The number of carbonyl (C=O) groups excluding carboxylic acids is 1. The first-order valence-electron chi connectivity index (χ1n) is 7.78. The van der Waals surface area contributed by atoms with Crippen LogP contribution in [-0.2, 0) is 6.54 Å². The highest BCUT2D eigenvalue weighted by Crippen LogP contribution is 2.23. The van der Waals surface area contributed by atoms with Crippen molar-refractivity contribution in [3.05, 3.63) is 71.4 Å². The van der Waals surface area contributed by atoms with Crippen LogP contribution in [0.15, 0.2) is 65.8 Å². The summed E-state index contributed by atoms with van der Waals surface area (Å²) in [5.41, 5.74) is 0.521. The molecule has 2 aromatic heterocycles. The van der Waals surface area contributed by atoms with Crippen molar-refractivity contribution in [3.63, 3.8) is 0 Å². The molecule has 2 heterocycles. The van der Waals surface area contributed by atoms with Crippen LogP contribution in [0.3, 0.4) is 0 Å². The van der Waals surface area contributed by atoms with Gasteiger partial charge in [-0.2, -0.15) is 0 Å². The number of ether oxygens (including phenoxy) is 1. The molecule has 1 N–H and O–H groups in total. The minimum atomic E-state index is -0.117. The Morgan fingerprint density at radius 1 is 1.24 bits per heavy atom. The molecule has 0 unspecified atom stereocenters. The van der Waals surface area contributed by atoms with E-state index in [4.69, 9.17) is 4.74 Å². The number of benzene rings is 1. The third kappa shape index (κ3) is 4.90. The number of para-hydroxylation sites is 1. The summed E-state index contributed by atoms with van der Waals surface area (Å²) in [6.45, 7) is 1.49. The molecule has 0 fully saturated rings. The van der Waals surface area contributed by atoms with E-state index in [2.05, 4.69) is 31.2 Å². The first kappa shape index (κ1) is 17.2. The lowest BCUT2D eigenvalue weighted by Crippen LogP contribution is -2.13. The lowest BCUT2D eigenvalue weighted by Gasteiger charge is -2.08. The van der Waals surface area contributed by atoms with Gasteiger partial charge in [0, 0.05) is 37.2 Å². The van der Waals surface area contributed by atoms with E-state index >= 15 is 0 Å². The fourth-order valence-corrected chi connectivity index (χ4v) is 2.58. The van der Waals surface area contributed by atoms with Crippen LogP contribution in [0.25, 0.3) is 0 Å². The summed E-state index contributed by atoms with van der Waals surface area (Å²) in [7, 11) is 0. The lowest BCUT2D eigenvalue weighted by molar-refractivity contribution is 0.0920. The van der Waals surface area contributed by atoms with Crippen LogP contribution >= 0.6 is 15.9 Å². The molecule has 0 spiro atoms. The second kappa shape index (κ2) is 8.43. The number of hydrogen-bond donors (Lipinski definition) is 1. The molecule has 0 atom stereocenters. The quantitative estimate of drug-likeness (QED) is 0.586. The van der Waals surface area contributed by atoms with E-state index in [9.17, 15) is 4.79 Å². The minimum Gasteiger partial charge on any atom is -0.484 e. The smallest absolute Gasteiger partial charge is 0.201 e. The first-order valence-corrected chi connectivity index (χ1v) is 8.58. The Labute approximate surface area is 154 Å². The van der Waals surface area contributed by atoms with Crippen molar-refractivity contribution in [2.75, 3.05) is 18.5 Å². The van der Waals surface area contributed by atoms with Crippen molar-refractivity contribution in [1.29, 1.82) is 0 Å². The highest BCUT2D eigenvalue weighted by Gasteiger charge is 2.09. The zero-order valence-corrected chi connectivity index (χ0v) is 15.0. The van der Waals surface area contributed by atoms with E-state index in [0.29, 0.717) is 11.3 Å². The number of halogens is 1. The summed E-state index contributed by atoms with van der Waals surface area (Å²) in [6.07, 6.45) is 6.98. The summed E-state index contributed by atoms with van der Waals surface area (Å²) >= 11 is 3.39. The SMILES string of the molecule is O=C(COc1ccccc1Br)c1ccc(NCCn2ccnc2)nc1. The average Bonchev–Trinajstić information content (AvgIpc) is 3.15. The molecule has 128 valence electrons. The van der Waals surface area contributed by atoms with Gasteiger partial charge in [-0.15, -0.1) is 0 Å². The number of imidazole rings is 1. The fourth-order valence-electron chi connectivity index (χ4n) is 2.18. The Morgan fingerprint density at radius 3 is 2.84 bits per heavy atom. The number of Topliss-reactive ketones (excluding diaryl/α,β-unsaturated/α-hetero) is 1. The minimum absolute atomic E-state index is 0.0301. The third-order valence-electron chi connectivity index (χ3n) is 3.52. The third-order valence-corrected chi connectivity index (χ3v) is 4.17. The van der Waals surface area contributed by atoms with Gasteiger partial charge in [-0.3, -0.25) is 4.79 Å². The van der Waals surface area contributed by atoms with Crippen LogP contribution in [-0.4, -0.2) is 33.5 Å². The number of pyridine rings is 1. The molecule has 0 saturated heterocycles. The molecule has 0 amide bonds. The number of carbonyl (C=O) groups is 1. The number of hydrogen-bond acceptors (Lipinski definition) is 5. The topological polar surface area (TPSA) is 69.0 Å². The van der Waals surface area contributed by atoms with Crippen LogP contribution in [0.2, 0.25) is 0 Å². The molecule has 0 radical (unpaired) electrons. The zero-order valence-electron chi connectivity index (χ0n) is 13.4. The summed E-state index contributed by atoms with van der Waals surface area (Å²) in [4.78, 5) is 20.5. The van der Waals surface area contributed by atoms with Gasteiger partial charge in [0.25, 0.3) is 0 Å². The molecule has 3 rings (SSSR count). The summed E-state index contributed by atoms with van der Waals surface area (Å²) in [5.74, 6) is 1.25. The summed E-state index contributed by atoms with van der Waals surface area (Å²) < 4.78 is 8.34. The molecule has 0 saturated carbocycles. The molecule has 6 nitrogen and oxygen atoms in total.